The zero-order chi connectivity index (χ0) is 13.0. The molecule has 106 valence electrons. The third-order valence-corrected chi connectivity index (χ3v) is 6.38. The third kappa shape index (κ3) is 3.90. The second kappa shape index (κ2) is 6.65. The maximum atomic E-state index is 3.89. The van der Waals surface area contributed by atoms with Gasteiger partial charge >= 0.3 is 0 Å². The summed E-state index contributed by atoms with van der Waals surface area (Å²) in [6.45, 7) is 8.51. The van der Waals surface area contributed by atoms with Gasteiger partial charge in [-0.2, -0.15) is 11.8 Å². The van der Waals surface area contributed by atoms with Gasteiger partial charge in [-0.05, 0) is 48.8 Å². The van der Waals surface area contributed by atoms with E-state index in [1.807, 2.05) is 0 Å². The molecule has 2 rings (SSSR count). The summed E-state index contributed by atoms with van der Waals surface area (Å²) in [4.78, 5) is 0. The average molecular weight is 269 g/mol. The molecule has 0 spiro atoms. The first-order valence-electron chi connectivity index (χ1n) is 7.93. The number of hydrogen-bond acceptors (Lipinski definition) is 2. The first-order valence-corrected chi connectivity index (χ1v) is 9.08. The highest BCUT2D eigenvalue weighted by molar-refractivity contribution is 7.99. The Balaban J connectivity index is 1.71. The number of thioether (sulfide) groups is 1. The lowest BCUT2D eigenvalue weighted by molar-refractivity contribution is 0.211. The van der Waals surface area contributed by atoms with Crippen molar-refractivity contribution in [2.45, 2.75) is 65.3 Å². The second-order valence-corrected chi connectivity index (χ2v) is 8.22. The molecule has 0 aromatic carbocycles. The van der Waals surface area contributed by atoms with E-state index in [9.17, 15) is 0 Å². The van der Waals surface area contributed by atoms with Crippen LogP contribution in [0, 0.1) is 17.3 Å². The molecule has 1 nitrogen and oxygen atoms in total. The third-order valence-electron chi connectivity index (χ3n) is 5.32. The van der Waals surface area contributed by atoms with Gasteiger partial charge < -0.3 is 5.32 Å². The van der Waals surface area contributed by atoms with E-state index >= 15 is 0 Å². The van der Waals surface area contributed by atoms with E-state index in [1.165, 1.54) is 56.6 Å². The topological polar surface area (TPSA) is 12.0 Å². The van der Waals surface area contributed by atoms with Gasteiger partial charge in [0.25, 0.3) is 0 Å². The van der Waals surface area contributed by atoms with Crippen LogP contribution >= 0.6 is 11.8 Å². The van der Waals surface area contributed by atoms with Gasteiger partial charge in [0.2, 0.25) is 0 Å². The first kappa shape index (κ1) is 14.7. The standard InChI is InChI=1S/C16H31NS/c1-4-13-5-7-14(8-6-13)11-17-15-12-18-10-9-16(15,2)3/h13-15,17H,4-12H2,1-3H3. The lowest BCUT2D eigenvalue weighted by atomic mass is 9.79. The van der Waals surface area contributed by atoms with Crippen molar-refractivity contribution in [2.24, 2.45) is 17.3 Å². The maximum Gasteiger partial charge on any atom is 0.0209 e. The zero-order valence-corrected chi connectivity index (χ0v) is 13.3. The molecule has 1 aliphatic carbocycles. The van der Waals surface area contributed by atoms with Gasteiger partial charge in [-0.3, -0.25) is 0 Å². The molecule has 1 unspecified atom stereocenters. The summed E-state index contributed by atoms with van der Waals surface area (Å²) in [5.74, 6) is 4.66. The van der Waals surface area contributed by atoms with Crippen LogP contribution < -0.4 is 5.32 Å². The Hall–Kier alpha value is 0.310. The molecule has 1 saturated heterocycles. The Morgan fingerprint density at radius 3 is 2.39 bits per heavy atom. The fourth-order valence-corrected chi connectivity index (χ4v) is 5.07. The molecule has 0 aromatic heterocycles. The summed E-state index contributed by atoms with van der Waals surface area (Å²) < 4.78 is 0. The smallest absolute Gasteiger partial charge is 0.0209 e. The molecule has 1 N–H and O–H groups in total. The minimum absolute atomic E-state index is 0.506. The van der Waals surface area contributed by atoms with Gasteiger partial charge in [-0.15, -0.1) is 0 Å². The molecule has 0 amide bonds. The van der Waals surface area contributed by atoms with E-state index in [0.29, 0.717) is 5.41 Å². The van der Waals surface area contributed by atoms with Gasteiger partial charge in [-0.25, -0.2) is 0 Å². The highest BCUT2D eigenvalue weighted by atomic mass is 32.2. The van der Waals surface area contributed by atoms with Crippen LogP contribution in [0.1, 0.15) is 59.3 Å². The second-order valence-electron chi connectivity index (χ2n) is 7.07. The quantitative estimate of drug-likeness (QED) is 0.815. The van der Waals surface area contributed by atoms with Crippen LogP contribution in [-0.4, -0.2) is 24.1 Å². The molecule has 1 saturated carbocycles. The van der Waals surface area contributed by atoms with Gasteiger partial charge in [0, 0.05) is 11.8 Å². The van der Waals surface area contributed by atoms with Crippen LogP contribution in [0.5, 0.6) is 0 Å². The number of hydrogen-bond donors (Lipinski definition) is 1. The van der Waals surface area contributed by atoms with Crippen LogP contribution in [0.4, 0.5) is 0 Å². The van der Waals surface area contributed by atoms with Gasteiger partial charge in [0.05, 0.1) is 0 Å². The lowest BCUT2D eigenvalue weighted by Crippen LogP contribution is -2.48. The Kier molecular flexibility index (Phi) is 5.44. The maximum absolute atomic E-state index is 3.89. The van der Waals surface area contributed by atoms with E-state index in [-0.39, 0.29) is 0 Å². The van der Waals surface area contributed by atoms with E-state index in [4.69, 9.17) is 0 Å². The predicted molar refractivity (Wildman–Crippen MR) is 83.3 cm³/mol. The van der Waals surface area contributed by atoms with E-state index in [1.54, 1.807) is 0 Å². The molecule has 2 heteroatoms. The van der Waals surface area contributed by atoms with Crippen molar-refractivity contribution in [3.8, 4) is 0 Å². The highest BCUT2D eigenvalue weighted by Crippen LogP contribution is 2.35. The van der Waals surface area contributed by atoms with Crippen LogP contribution in [0.2, 0.25) is 0 Å². The summed E-state index contributed by atoms with van der Waals surface area (Å²) >= 11 is 2.13. The van der Waals surface area contributed by atoms with Gasteiger partial charge in [-0.1, -0.05) is 40.0 Å². The summed E-state index contributed by atoms with van der Waals surface area (Å²) in [5.41, 5.74) is 0.506. The van der Waals surface area contributed by atoms with Crippen molar-refractivity contribution in [3.63, 3.8) is 0 Å². The van der Waals surface area contributed by atoms with Crippen molar-refractivity contribution in [3.05, 3.63) is 0 Å². The van der Waals surface area contributed by atoms with E-state index < -0.39 is 0 Å². The summed E-state index contributed by atoms with van der Waals surface area (Å²) in [6.07, 6.45) is 8.65. The van der Waals surface area contributed by atoms with E-state index in [2.05, 4.69) is 37.8 Å². The van der Waals surface area contributed by atoms with Crippen molar-refractivity contribution in [1.82, 2.24) is 5.32 Å². The minimum atomic E-state index is 0.506. The molecule has 2 fully saturated rings. The Labute approximate surface area is 118 Å². The molecule has 0 radical (unpaired) electrons. The van der Waals surface area contributed by atoms with Crippen molar-refractivity contribution < 1.29 is 0 Å². The number of rotatable bonds is 4. The zero-order valence-electron chi connectivity index (χ0n) is 12.5. The fourth-order valence-electron chi connectivity index (χ4n) is 3.42. The van der Waals surface area contributed by atoms with Crippen molar-refractivity contribution >= 4 is 11.8 Å². The molecule has 0 bridgehead atoms. The molecular formula is C16H31NS. The summed E-state index contributed by atoms with van der Waals surface area (Å²) in [6, 6.07) is 0.736. The van der Waals surface area contributed by atoms with Crippen LogP contribution in [0.15, 0.2) is 0 Å². The monoisotopic (exact) mass is 269 g/mol. The largest absolute Gasteiger partial charge is 0.312 e. The normalized spacial score (nSPS) is 36.5. The summed E-state index contributed by atoms with van der Waals surface area (Å²) in [7, 11) is 0. The Bertz CT molecular complexity index is 243. The minimum Gasteiger partial charge on any atom is -0.312 e. The van der Waals surface area contributed by atoms with Gasteiger partial charge in [0.1, 0.15) is 0 Å². The molecule has 2 aliphatic rings. The fraction of sp³-hybridized carbons (Fsp3) is 1.00. The molecule has 1 aliphatic heterocycles. The number of nitrogens with one attached hydrogen (secondary N) is 1. The molecular weight excluding hydrogens is 238 g/mol. The van der Waals surface area contributed by atoms with E-state index in [0.717, 1.165) is 17.9 Å². The molecule has 1 heterocycles. The Morgan fingerprint density at radius 2 is 1.78 bits per heavy atom. The molecule has 1 atom stereocenters. The molecule has 18 heavy (non-hydrogen) atoms. The van der Waals surface area contributed by atoms with Crippen LogP contribution in [-0.2, 0) is 0 Å². The van der Waals surface area contributed by atoms with Crippen LogP contribution in [0.3, 0.4) is 0 Å². The molecule has 0 aromatic rings. The highest BCUT2D eigenvalue weighted by Gasteiger charge is 2.32. The lowest BCUT2D eigenvalue weighted by Gasteiger charge is -2.40. The first-order chi connectivity index (χ1) is 8.62. The van der Waals surface area contributed by atoms with Gasteiger partial charge in [0.15, 0.2) is 0 Å². The average Bonchev–Trinajstić information content (AvgIpc) is 2.38. The Morgan fingerprint density at radius 1 is 1.11 bits per heavy atom. The van der Waals surface area contributed by atoms with Crippen molar-refractivity contribution in [2.75, 3.05) is 18.1 Å². The van der Waals surface area contributed by atoms with Crippen molar-refractivity contribution in [1.29, 1.82) is 0 Å². The summed E-state index contributed by atoms with van der Waals surface area (Å²) in [5, 5.41) is 3.89. The SMILES string of the molecule is CCC1CCC(CNC2CSCCC2(C)C)CC1. The van der Waals surface area contributed by atoms with Crippen LogP contribution in [0.25, 0.3) is 0 Å². The predicted octanol–water partition coefficient (Wildman–Crippen LogP) is 4.32.